The fraction of sp³-hybridized carbons (Fsp3) is 0.125. The lowest BCUT2D eigenvalue weighted by atomic mass is 10.3. The molecule has 1 N–H and O–H groups in total. The van der Waals surface area contributed by atoms with Crippen LogP contribution in [0.1, 0.15) is 11.0 Å². The predicted octanol–water partition coefficient (Wildman–Crippen LogP) is 2.74. The number of nitrogens with one attached hydrogen (secondary N) is 1. The number of rotatable bonds is 8. The van der Waals surface area contributed by atoms with Crippen LogP contribution < -0.4 is 4.72 Å². The Labute approximate surface area is 164 Å². The number of furan rings is 1. The van der Waals surface area contributed by atoms with E-state index in [-0.39, 0.29) is 20.6 Å². The Kier molecular flexibility index (Phi) is 5.65. The maximum Gasteiger partial charge on any atom is 0.269 e. The Hall–Kier alpha value is -2.54. The molecule has 0 spiro atoms. The van der Waals surface area contributed by atoms with Gasteiger partial charge in [-0.1, -0.05) is 6.07 Å². The van der Waals surface area contributed by atoms with E-state index >= 15 is 0 Å². The summed E-state index contributed by atoms with van der Waals surface area (Å²) < 4.78 is 58.3. The molecule has 0 aliphatic rings. The second kappa shape index (κ2) is 7.83. The Morgan fingerprint density at radius 2 is 1.79 bits per heavy atom. The summed E-state index contributed by atoms with van der Waals surface area (Å²) in [5.41, 5.74) is -0.257. The zero-order valence-electron chi connectivity index (χ0n) is 14.1. The maximum absolute atomic E-state index is 12.9. The molecule has 0 bridgehead atoms. The van der Waals surface area contributed by atoms with Gasteiger partial charge in [-0.2, -0.15) is 0 Å². The van der Waals surface area contributed by atoms with Crippen molar-refractivity contribution in [2.45, 2.75) is 14.4 Å². The second-order valence-electron chi connectivity index (χ2n) is 5.58. The first-order valence-electron chi connectivity index (χ1n) is 7.77. The Morgan fingerprint density at radius 1 is 1.07 bits per heavy atom. The van der Waals surface area contributed by atoms with Crippen LogP contribution in [0.2, 0.25) is 0 Å². The molecule has 3 rings (SSSR count). The minimum Gasteiger partial charge on any atom is -0.468 e. The van der Waals surface area contributed by atoms with Crippen molar-refractivity contribution in [3.63, 3.8) is 0 Å². The highest BCUT2D eigenvalue weighted by Crippen LogP contribution is 2.31. The lowest BCUT2D eigenvalue weighted by Gasteiger charge is -2.15. The van der Waals surface area contributed by atoms with Gasteiger partial charge in [0.15, 0.2) is 9.84 Å². The van der Waals surface area contributed by atoms with Gasteiger partial charge in [-0.15, -0.1) is 11.3 Å². The van der Waals surface area contributed by atoms with E-state index < -0.39 is 36.6 Å². The molecule has 9 nitrogen and oxygen atoms in total. The smallest absolute Gasteiger partial charge is 0.269 e. The number of hydrogen-bond acceptors (Lipinski definition) is 8. The first-order valence-corrected chi connectivity index (χ1v) is 11.7. The molecule has 0 aliphatic carbocycles. The standard InChI is InChI=1S/C16H14N2O7S3/c19-18(20)12-5-7-13(8-6-12)28(23,24)17-11-15(14-3-1-9-25-14)27(21,22)16-4-2-10-26-16/h1-10,15,17H,11H2/t15-/m0/s1. The quantitative estimate of drug-likeness (QED) is 0.418. The number of sulfonamides is 1. The summed E-state index contributed by atoms with van der Waals surface area (Å²) in [4.78, 5) is 9.83. The van der Waals surface area contributed by atoms with Crippen LogP contribution in [0.4, 0.5) is 5.69 Å². The van der Waals surface area contributed by atoms with E-state index in [0.29, 0.717) is 0 Å². The molecule has 0 amide bonds. The Morgan fingerprint density at radius 3 is 2.32 bits per heavy atom. The monoisotopic (exact) mass is 442 g/mol. The van der Waals surface area contributed by atoms with Crippen molar-refractivity contribution in [3.05, 3.63) is 76.0 Å². The average Bonchev–Trinajstić information content (AvgIpc) is 3.36. The van der Waals surface area contributed by atoms with Crippen LogP contribution in [0.3, 0.4) is 0 Å². The summed E-state index contributed by atoms with van der Waals surface area (Å²) in [7, 11) is -7.99. The van der Waals surface area contributed by atoms with Crippen LogP contribution in [0.25, 0.3) is 0 Å². The molecule has 0 radical (unpaired) electrons. The summed E-state index contributed by atoms with van der Waals surface area (Å²) in [6.45, 7) is -0.465. The van der Waals surface area contributed by atoms with Gasteiger partial charge in [0.05, 0.1) is 16.1 Å². The van der Waals surface area contributed by atoms with E-state index in [1.54, 1.807) is 11.4 Å². The van der Waals surface area contributed by atoms with Gasteiger partial charge in [-0.05, 0) is 35.7 Å². The van der Waals surface area contributed by atoms with Gasteiger partial charge in [-0.3, -0.25) is 10.1 Å². The van der Waals surface area contributed by atoms with E-state index in [4.69, 9.17) is 4.42 Å². The summed E-state index contributed by atoms with van der Waals surface area (Å²) >= 11 is 1.02. The van der Waals surface area contributed by atoms with Gasteiger partial charge >= 0.3 is 0 Å². The topological polar surface area (TPSA) is 137 Å². The van der Waals surface area contributed by atoms with Crippen molar-refractivity contribution in [2.24, 2.45) is 0 Å². The minimum atomic E-state index is -4.09. The van der Waals surface area contributed by atoms with Crippen LogP contribution in [0.5, 0.6) is 0 Å². The van der Waals surface area contributed by atoms with Crippen LogP contribution in [0, 0.1) is 10.1 Å². The highest BCUT2D eigenvalue weighted by atomic mass is 32.2. The fourth-order valence-corrected chi connectivity index (χ4v) is 6.36. The van der Waals surface area contributed by atoms with Crippen molar-refractivity contribution in [3.8, 4) is 0 Å². The summed E-state index contributed by atoms with van der Waals surface area (Å²) in [6.07, 6.45) is 1.30. The van der Waals surface area contributed by atoms with Gasteiger partial charge in [0.1, 0.15) is 15.2 Å². The number of sulfone groups is 1. The van der Waals surface area contributed by atoms with Gasteiger partial charge < -0.3 is 4.42 Å². The van der Waals surface area contributed by atoms with Crippen LogP contribution in [-0.2, 0) is 19.9 Å². The number of hydrogen-bond donors (Lipinski definition) is 1. The zero-order valence-corrected chi connectivity index (χ0v) is 16.5. The molecule has 0 fully saturated rings. The molecule has 2 heterocycles. The van der Waals surface area contributed by atoms with E-state index in [0.717, 1.165) is 35.6 Å². The van der Waals surface area contributed by atoms with Crippen molar-refractivity contribution < 1.29 is 26.2 Å². The zero-order chi connectivity index (χ0) is 20.4. The Bertz CT molecular complexity index is 1150. The highest BCUT2D eigenvalue weighted by molar-refractivity contribution is 7.93. The summed E-state index contributed by atoms with van der Waals surface area (Å²) in [6, 6.07) is 10.2. The maximum atomic E-state index is 12.9. The number of nitro benzene ring substituents is 1. The van der Waals surface area contributed by atoms with Gasteiger partial charge in [0, 0.05) is 18.7 Å². The first kappa shape index (κ1) is 20.2. The van der Waals surface area contributed by atoms with Crippen LogP contribution >= 0.6 is 11.3 Å². The molecule has 0 unspecified atom stereocenters. The third-order valence-corrected chi connectivity index (χ3v) is 8.76. The van der Waals surface area contributed by atoms with E-state index in [9.17, 15) is 26.9 Å². The molecule has 0 aliphatic heterocycles. The van der Waals surface area contributed by atoms with E-state index in [2.05, 4.69) is 4.72 Å². The number of nitrogens with zero attached hydrogens (tertiary/aromatic N) is 1. The number of nitro groups is 1. The average molecular weight is 442 g/mol. The highest BCUT2D eigenvalue weighted by Gasteiger charge is 2.33. The molecular formula is C16H14N2O7S3. The van der Waals surface area contributed by atoms with Gasteiger partial charge in [0.2, 0.25) is 10.0 Å². The summed E-state index contributed by atoms with van der Waals surface area (Å²) in [5, 5.41) is 11.0. The molecule has 148 valence electrons. The van der Waals surface area contributed by atoms with Gasteiger partial charge in [-0.25, -0.2) is 21.6 Å². The lowest BCUT2D eigenvalue weighted by molar-refractivity contribution is -0.384. The first-order chi connectivity index (χ1) is 13.2. The number of benzene rings is 1. The molecule has 0 saturated carbocycles. The lowest BCUT2D eigenvalue weighted by Crippen LogP contribution is -2.31. The number of non-ortho nitro benzene ring substituents is 1. The van der Waals surface area contributed by atoms with Crippen molar-refractivity contribution >= 4 is 36.9 Å². The van der Waals surface area contributed by atoms with E-state index in [1.807, 2.05) is 0 Å². The van der Waals surface area contributed by atoms with E-state index in [1.165, 1.54) is 24.5 Å². The third-order valence-electron chi connectivity index (χ3n) is 3.83. The largest absolute Gasteiger partial charge is 0.468 e. The molecule has 3 aromatic rings. The van der Waals surface area contributed by atoms with Gasteiger partial charge in [0.25, 0.3) is 5.69 Å². The fourth-order valence-electron chi connectivity index (χ4n) is 2.42. The third kappa shape index (κ3) is 4.14. The van der Waals surface area contributed by atoms with Crippen LogP contribution in [0.15, 0.2) is 73.7 Å². The molecule has 12 heteroatoms. The minimum absolute atomic E-state index is 0.0865. The molecule has 28 heavy (non-hydrogen) atoms. The normalized spacial score (nSPS) is 13.3. The molecule has 1 aromatic carbocycles. The SMILES string of the molecule is O=[N+]([O-])c1ccc(S(=O)(=O)NC[C@@H](c2ccco2)S(=O)(=O)c2cccs2)cc1. The molecular weight excluding hydrogens is 428 g/mol. The molecule has 2 aromatic heterocycles. The van der Waals surface area contributed by atoms with Crippen molar-refractivity contribution in [1.29, 1.82) is 0 Å². The number of thiophene rings is 1. The summed E-state index contributed by atoms with van der Waals surface area (Å²) in [5.74, 6) is 0.0970. The molecule has 0 saturated heterocycles. The second-order valence-corrected chi connectivity index (χ2v) is 10.7. The van der Waals surface area contributed by atoms with Crippen molar-refractivity contribution in [2.75, 3.05) is 6.54 Å². The predicted molar refractivity (Wildman–Crippen MR) is 101 cm³/mol. The molecule has 1 atom stereocenters. The van der Waals surface area contributed by atoms with Crippen LogP contribution in [-0.4, -0.2) is 28.3 Å². The Balaban J connectivity index is 1.87. The van der Waals surface area contributed by atoms with Crippen molar-refractivity contribution in [1.82, 2.24) is 4.72 Å².